The molecule has 0 amide bonds. The zero-order valence-corrected chi connectivity index (χ0v) is 40.1. The highest BCUT2D eigenvalue weighted by Crippen LogP contribution is 2.76. The van der Waals surface area contributed by atoms with Crippen LogP contribution in [0.4, 0.5) is 4.39 Å². The summed E-state index contributed by atoms with van der Waals surface area (Å²) in [5, 5.41) is 9.89. The molecule has 0 aromatic carbocycles. The van der Waals surface area contributed by atoms with Crippen LogP contribution in [0.15, 0.2) is 34.4 Å². The van der Waals surface area contributed by atoms with Crippen molar-refractivity contribution < 1.29 is 32.1 Å². The second kappa shape index (κ2) is 16.4. The van der Waals surface area contributed by atoms with E-state index in [2.05, 4.69) is 75.3 Å². The summed E-state index contributed by atoms with van der Waals surface area (Å²) in [6, 6.07) is 0. The van der Waals surface area contributed by atoms with E-state index < -0.39 is 39.1 Å². The van der Waals surface area contributed by atoms with Gasteiger partial charge in [0.25, 0.3) is 0 Å². The molecule has 5 fully saturated rings. The van der Waals surface area contributed by atoms with Crippen molar-refractivity contribution in [1.82, 2.24) is 14.7 Å². The maximum atomic E-state index is 14.6. The molecule has 342 valence electrons. The first-order chi connectivity index (χ1) is 28.7. The van der Waals surface area contributed by atoms with E-state index in [-0.39, 0.29) is 51.0 Å². The van der Waals surface area contributed by atoms with Crippen LogP contribution in [0.25, 0.3) is 0 Å². The lowest BCUT2D eigenvalue weighted by Crippen LogP contribution is -2.66. The summed E-state index contributed by atoms with van der Waals surface area (Å²) >= 11 is -0.746. The van der Waals surface area contributed by atoms with E-state index in [1.54, 1.807) is 0 Å². The number of allylic oxidation sites excluding steroid dienone is 5. The summed E-state index contributed by atoms with van der Waals surface area (Å²) < 4.78 is 51.1. The molecule has 2 saturated heterocycles. The van der Waals surface area contributed by atoms with Crippen LogP contribution in [0.5, 0.6) is 0 Å². The molecular weight excluding hydrogens is 810 g/mol. The summed E-state index contributed by atoms with van der Waals surface area (Å²) in [6.45, 7) is 22.4. The minimum absolute atomic E-state index is 0.0177. The molecule has 0 spiro atoms. The van der Waals surface area contributed by atoms with Gasteiger partial charge in [0.2, 0.25) is 0 Å². The average Bonchev–Trinajstić information content (AvgIpc) is 3.52. The van der Waals surface area contributed by atoms with Gasteiger partial charge in [-0.3, -0.25) is 19.4 Å². The molecule has 61 heavy (non-hydrogen) atoms. The lowest BCUT2D eigenvalue weighted by Gasteiger charge is -2.72. The molecule has 8 rings (SSSR count). The highest BCUT2D eigenvalue weighted by molar-refractivity contribution is 7.91. The van der Waals surface area contributed by atoms with Crippen molar-refractivity contribution in [3.63, 3.8) is 0 Å². The smallest absolute Gasteiger partial charge is 0.312 e. The third-order valence-corrected chi connectivity index (χ3v) is 22.2. The zero-order valence-electron chi connectivity index (χ0n) is 38.5. The number of nitrogens with zero attached hydrogens (tertiary/aromatic N) is 3. The predicted octanol–water partition coefficient (Wildman–Crippen LogP) is 7.50. The molecule has 9 nitrogen and oxygen atoms in total. The number of ketones is 1. The SMILES string of the molecule is CC(C)C1=C2[C@H]3CC[C@@H]4[C@@]5(C)CC=C(C6=CC[C@](CF)(C(=O)O)CC6)C(C)(C)[C@@H]5CC[C@@]4(C)[C@]3(C)CC[C@@]2(N(CCN2CC[S+]([O-])CC2)CCN2CCS(=O)(=O)CC2)CC1=O. The number of fused-ring (bicyclic) bond motifs is 7. The van der Waals surface area contributed by atoms with E-state index >= 15 is 0 Å². The Morgan fingerprint density at radius 2 is 1.56 bits per heavy atom. The van der Waals surface area contributed by atoms with Crippen molar-refractivity contribution in [1.29, 1.82) is 0 Å². The van der Waals surface area contributed by atoms with Gasteiger partial charge in [0.1, 0.15) is 18.2 Å². The van der Waals surface area contributed by atoms with Crippen molar-refractivity contribution in [3.8, 4) is 0 Å². The topological polar surface area (TPSA) is 121 Å². The first-order valence-corrected chi connectivity index (χ1v) is 27.2. The number of carboxylic acid groups (broad SMARTS) is 1. The number of carboxylic acids is 1. The molecule has 12 heteroatoms. The second-order valence-corrected chi connectivity index (χ2v) is 26.6. The summed E-state index contributed by atoms with van der Waals surface area (Å²) in [4.78, 5) is 34.2. The van der Waals surface area contributed by atoms with E-state index in [0.717, 1.165) is 89.8 Å². The Morgan fingerprint density at radius 1 is 0.902 bits per heavy atom. The maximum absolute atomic E-state index is 14.6. The molecule has 2 aliphatic heterocycles. The van der Waals surface area contributed by atoms with Gasteiger partial charge in [-0.25, -0.2) is 12.8 Å². The normalized spacial score (nSPS) is 40.6. The number of Topliss-reactive ketones (excluding diaryl/α,β-unsaturated/α-hetero) is 1. The third-order valence-electron chi connectivity index (χ3n) is 19.3. The van der Waals surface area contributed by atoms with Gasteiger partial charge < -0.3 is 14.6 Å². The molecule has 6 aliphatic carbocycles. The van der Waals surface area contributed by atoms with Crippen LogP contribution in [0.2, 0.25) is 0 Å². The van der Waals surface area contributed by atoms with Crippen molar-refractivity contribution in [3.05, 3.63) is 34.4 Å². The van der Waals surface area contributed by atoms with E-state index in [4.69, 9.17) is 0 Å². The standard InChI is InChI=1S/C49H76FN3O6S2/c1-34(2)41-38(54)32-49(53(22-20-51-24-28-60(57)29-25-51)23-21-52-26-30-61(58,59)31-27-52)19-18-46(6)37(42(41)49)8-9-40-45(5)14-12-36(44(3,4)39(45)13-15-47(40,46)7)35-10-16-48(33-50,17-11-35)43(55)56/h10,12,34,37,39-40H,8-9,11,13-33H2,1-7H3,(H,55,56)/t37-,39+,40-,45+,46-,47-,48+,49-/m1/s1. The van der Waals surface area contributed by atoms with E-state index in [1.807, 2.05) is 0 Å². The molecule has 8 aliphatic rings. The van der Waals surface area contributed by atoms with E-state index in [0.29, 0.717) is 67.4 Å². The van der Waals surface area contributed by atoms with Gasteiger partial charge in [0, 0.05) is 58.8 Å². The predicted molar refractivity (Wildman–Crippen MR) is 242 cm³/mol. The number of carbonyl (C=O) groups excluding carboxylic acids is 1. The Labute approximate surface area is 369 Å². The molecule has 0 aromatic rings. The van der Waals surface area contributed by atoms with Crippen LogP contribution in [-0.2, 0) is 30.6 Å². The van der Waals surface area contributed by atoms with Gasteiger partial charge >= 0.3 is 5.97 Å². The van der Waals surface area contributed by atoms with Crippen LogP contribution in [0, 0.1) is 50.7 Å². The number of hydrogen-bond donors (Lipinski definition) is 1. The Balaban J connectivity index is 1.11. The molecule has 0 bridgehead atoms. The zero-order chi connectivity index (χ0) is 44.0. The van der Waals surface area contributed by atoms with Crippen LogP contribution < -0.4 is 0 Å². The fraction of sp³-hybridized carbons (Fsp3) is 0.837. The Hall–Kier alpha value is -1.57. The fourth-order valence-corrected chi connectivity index (χ4v) is 18.0. The number of halogens is 1. The van der Waals surface area contributed by atoms with Gasteiger partial charge in [-0.05, 0) is 132 Å². The fourth-order valence-electron chi connectivity index (χ4n) is 15.6. The largest absolute Gasteiger partial charge is 0.616 e. The Kier molecular flexibility index (Phi) is 12.4. The minimum Gasteiger partial charge on any atom is -0.616 e. The van der Waals surface area contributed by atoms with Gasteiger partial charge in [-0.15, -0.1) is 0 Å². The first-order valence-electron chi connectivity index (χ1n) is 23.9. The lowest BCUT2D eigenvalue weighted by molar-refractivity contribution is -0.200. The summed E-state index contributed by atoms with van der Waals surface area (Å²) in [5.41, 5.74) is 3.59. The number of carbonyl (C=O) groups is 2. The van der Waals surface area contributed by atoms with Crippen LogP contribution >= 0.6 is 0 Å². The van der Waals surface area contributed by atoms with E-state index in [9.17, 15) is 32.1 Å². The van der Waals surface area contributed by atoms with Crippen LogP contribution in [-0.4, -0.2) is 132 Å². The molecule has 0 unspecified atom stereocenters. The first kappa shape index (κ1) is 46.0. The lowest BCUT2D eigenvalue weighted by atomic mass is 9.33. The number of hydrogen-bond acceptors (Lipinski definition) is 8. The number of rotatable bonds is 11. The van der Waals surface area contributed by atoms with Crippen molar-refractivity contribution in [2.45, 2.75) is 125 Å². The molecule has 1 N–H and O–H groups in total. The molecular formula is C49H76FN3O6S2. The minimum atomic E-state index is -2.99. The summed E-state index contributed by atoms with van der Waals surface area (Å²) in [7, 11) is -2.99. The van der Waals surface area contributed by atoms with E-state index in [1.165, 1.54) is 16.7 Å². The quantitative estimate of drug-likeness (QED) is 0.210. The molecule has 8 atom stereocenters. The molecule has 0 aromatic heterocycles. The third kappa shape index (κ3) is 7.51. The second-order valence-electron chi connectivity index (χ2n) is 22.6. The summed E-state index contributed by atoms with van der Waals surface area (Å²) in [6.07, 6.45) is 13.8. The summed E-state index contributed by atoms with van der Waals surface area (Å²) in [5.74, 6) is 2.61. The van der Waals surface area contributed by atoms with Gasteiger partial charge in [0.05, 0.1) is 22.5 Å². The number of sulfone groups is 1. The molecule has 0 radical (unpaired) electrons. The average molecular weight is 886 g/mol. The number of alkyl halides is 1. The molecule has 2 heterocycles. The maximum Gasteiger partial charge on any atom is 0.312 e. The number of aliphatic carboxylic acids is 1. The van der Waals surface area contributed by atoms with Gasteiger partial charge in [-0.2, -0.15) is 0 Å². The Morgan fingerprint density at radius 3 is 2.15 bits per heavy atom. The van der Waals surface area contributed by atoms with Crippen LogP contribution in [0.1, 0.15) is 119 Å². The monoisotopic (exact) mass is 886 g/mol. The van der Waals surface area contributed by atoms with Crippen molar-refractivity contribution in [2.24, 2.45) is 50.7 Å². The highest BCUT2D eigenvalue weighted by atomic mass is 32.2. The van der Waals surface area contributed by atoms with Crippen molar-refractivity contribution in [2.75, 3.05) is 82.0 Å². The molecule has 3 saturated carbocycles. The van der Waals surface area contributed by atoms with Gasteiger partial charge in [-0.1, -0.05) is 71.8 Å². The Bertz CT molecular complexity index is 1940. The van der Waals surface area contributed by atoms with Crippen molar-refractivity contribution >= 4 is 32.8 Å². The van der Waals surface area contributed by atoms with Gasteiger partial charge in [0.15, 0.2) is 15.6 Å². The van der Waals surface area contributed by atoms with Crippen LogP contribution in [0.3, 0.4) is 0 Å². The highest BCUT2D eigenvalue weighted by Gasteiger charge is 2.70.